The second-order valence-corrected chi connectivity index (χ2v) is 8.65. The fourth-order valence-corrected chi connectivity index (χ4v) is 3.40. The van der Waals surface area contributed by atoms with Crippen molar-refractivity contribution in [1.82, 2.24) is 4.90 Å². The minimum Gasteiger partial charge on any atom is -0.327 e. The standard InChI is InChI=1S/C16H26N4O3S.ClH/c1-11(20-9-8-14(17)16(2,3)10-20)15(21)19-12-4-6-13(7-5-12)24(18,22)23;/h4-7,11,14H,8-10,17H2,1-3H3,(H,19,21)(H2,18,22,23);1H. The van der Waals surface area contributed by atoms with Crippen LogP contribution in [0.5, 0.6) is 0 Å². The molecule has 5 N–H and O–H groups in total. The molecule has 0 bridgehead atoms. The van der Waals surface area contributed by atoms with E-state index in [0.29, 0.717) is 5.69 Å². The SMILES string of the molecule is CC(C(=O)Nc1ccc(S(N)(=O)=O)cc1)N1CCC(N)C(C)(C)C1.Cl. The van der Waals surface area contributed by atoms with Crippen molar-refractivity contribution in [2.45, 2.75) is 44.2 Å². The van der Waals surface area contributed by atoms with Gasteiger partial charge in [-0.3, -0.25) is 9.69 Å². The molecule has 0 aromatic heterocycles. The van der Waals surface area contributed by atoms with Gasteiger partial charge in [0.05, 0.1) is 10.9 Å². The van der Waals surface area contributed by atoms with Gasteiger partial charge in [-0.15, -0.1) is 12.4 Å². The van der Waals surface area contributed by atoms with Crippen LogP contribution in [-0.4, -0.2) is 44.4 Å². The summed E-state index contributed by atoms with van der Waals surface area (Å²) in [5.74, 6) is -0.135. The number of nitrogens with one attached hydrogen (secondary N) is 1. The Kier molecular flexibility index (Phi) is 7.00. The van der Waals surface area contributed by atoms with Gasteiger partial charge in [0.25, 0.3) is 0 Å². The van der Waals surface area contributed by atoms with E-state index in [1.54, 1.807) is 0 Å². The molecule has 1 saturated heterocycles. The van der Waals surface area contributed by atoms with Gasteiger partial charge in [-0.25, -0.2) is 13.6 Å². The van der Waals surface area contributed by atoms with Gasteiger partial charge < -0.3 is 11.1 Å². The number of benzene rings is 1. The average Bonchev–Trinajstić information content (AvgIpc) is 2.48. The summed E-state index contributed by atoms with van der Waals surface area (Å²) in [6.07, 6.45) is 0.855. The molecule has 1 aliphatic heterocycles. The molecule has 1 amide bonds. The number of likely N-dealkylation sites (tertiary alicyclic amines) is 1. The Morgan fingerprint density at radius 2 is 1.88 bits per heavy atom. The smallest absolute Gasteiger partial charge is 0.241 e. The number of nitrogens with zero attached hydrogens (tertiary/aromatic N) is 1. The van der Waals surface area contributed by atoms with Crippen LogP contribution in [0.4, 0.5) is 5.69 Å². The molecule has 1 aromatic rings. The number of hydrogen-bond donors (Lipinski definition) is 3. The van der Waals surface area contributed by atoms with Crippen molar-refractivity contribution in [1.29, 1.82) is 0 Å². The maximum Gasteiger partial charge on any atom is 0.241 e. The quantitative estimate of drug-likeness (QED) is 0.712. The number of carbonyl (C=O) groups excluding carboxylic acids is 1. The molecule has 0 spiro atoms. The summed E-state index contributed by atoms with van der Waals surface area (Å²) in [7, 11) is -3.73. The summed E-state index contributed by atoms with van der Waals surface area (Å²) < 4.78 is 22.5. The van der Waals surface area contributed by atoms with Crippen LogP contribution in [0, 0.1) is 5.41 Å². The number of amides is 1. The van der Waals surface area contributed by atoms with Gasteiger partial charge >= 0.3 is 0 Å². The van der Waals surface area contributed by atoms with Crippen LogP contribution in [0.3, 0.4) is 0 Å². The average molecular weight is 391 g/mol. The molecule has 1 aromatic carbocycles. The highest BCUT2D eigenvalue weighted by Gasteiger charge is 2.36. The van der Waals surface area contributed by atoms with Crippen LogP contribution in [-0.2, 0) is 14.8 Å². The first-order valence-electron chi connectivity index (χ1n) is 7.94. The van der Waals surface area contributed by atoms with Gasteiger partial charge in [0.2, 0.25) is 15.9 Å². The molecule has 2 rings (SSSR count). The molecule has 2 unspecified atom stereocenters. The summed E-state index contributed by atoms with van der Waals surface area (Å²) in [5, 5.41) is 7.87. The number of sulfonamides is 1. The fraction of sp³-hybridized carbons (Fsp3) is 0.562. The van der Waals surface area contributed by atoms with Crippen molar-refractivity contribution in [2.75, 3.05) is 18.4 Å². The van der Waals surface area contributed by atoms with Crippen LogP contribution < -0.4 is 16.2 Å². The summed E-state index contributed by atoms with van der Waals surface area (Å²) in [4.78, 5) is 14.6. The van der Waals surface area contributed by atoms with Gasteiger partial charge in [-0.05, 0) is 43.0 Å². The fourth-order valence-electron chi connectivity index (χ4n) is 2.89. The Hall–Kier alpha value is -1.19. The lowest BCUT2D eigenvalue weighted by atomic mass is 9.79. The topological polar surface area (TPSA) is 119 Å². The lowest BCUT2D eigenvalue weighted by Crippen LogP contribution is -2.56. The van der Waals surface area contributed by atoms with Crippen molar-refractivity contribution >= 4 is 34.0 Å². The number of anilines is 1. The second-order valence-electron chi connectivity index (χ2n) is 7.09. The molecule has 9 heteroatoms. The lowest BCUT2D eigenvalue weighted by Gasteiger charge is -2.44. The molecule has 7 nitrogen and oxygen atoms in total. The minimum atomic E-state index is -3.73. The molecule has 0 radical (unpaired) electrons. The highest BCUT2D eigenvalue weighted by Crippen LogP contribution is 2.29. The van der Waals surface area contributed by atoms with Crippen molar-refractivity contribution in [3.8, 4) is 0 Å². The molecule has 1 heterocycles. The molecule has 142 valence electrons. The normalized spacial score (nSPS) is 21.9. The summed E-state index contributed by atoms with van der Waals surface area (Å²) in [5.41, 5.74) is 6.63. The van der Waals surface area contributed by atoms with E-state index in [2.05, 4.69) is 24.1 Å². The van der Waals surface area contributed by atoms with E-state index in [1.807, 2.05) is 6.92 Å². The third kappa shape index (κ3) is 5.39. The van der Waals surface area contributed by atoms with Gasteiger partial charge in [0.1, 0.15) is 0 Å². The Balaban J connectivity index is 0.00000312. The predicted molar refractivity (Wildman–Crippen MR) is 101 cm³/mol. The van der Waals surface area contributed by atoms with E-state index in [9.17, 15) is 13.2 Å². The first-order chi connectivity index (χ1) is 11.0. The number of primary sulfonamides is 1. The monoisotopic (exact) mass is 390 g/mol. The third-order valence-corrected chi connectivity index (χ3v) is 5.65. The van der Waals surface area contributed by atoms with E-state index in [-0.39, 0.29) is 40.7 Å². The Morgan fingerprint density at radius 3 is 2.36 bits per heavy atom. The van der Waals surface area contributed by atoms with Crippen molar-refractivity contribution < 1.29 is 13.2 Å². The number of nitrogens with two attached hydrogens (primary N) is 2. The number of piperidine rings is 1. The summed E-state index contributed by atoms with van der Waals surface area (Å²) in [6, 6.07) is 5.64. The largest absolute Gasteiger partial charge is 0.327 e. The number of halogens is 1. The zero-order valence-corrected chi connectivity index (χ0v) is 16.4. The van der Waals surface area contributed by atoms with Gasteiger partial charge in [0.15, 0.2) is 0 Å². The van der Waals surface area contributed by atoms with Crippen molar-refractivity contribution in [2.24, 2.45) is 16.3 Å². The van der Waals surface area contributed by atoms with E-state index in [1.165, 1.54) is 24.3 Å². The van der Waals surface area contributed by atoms with Crippen LogP contribution >= 0.6 is 12.4 Å². The molecule has 2 atom stereocenters. The number of carbonyl (C=O) groups is 1. The molecule has 1 aliphatic rings. The Labute approximate surface area is 155 Å². The lowest BCUT2D eigenvalue weighted by molar-refractivity contribution is -0.122. The zero-order valence-electron chi connectivity index (χ0n) is 14.7. The van der Waals surface area contributed by atoms with E-state index >= 15 is 0 Å². The van der Waals surface area contributed by atoms with Crippen LogP contribution in [0.25, 0.3) is 0 Å². The predicted octanol–water partition coefficient (Wildman–Crippen LogP) is 1.14. The molecular formula is C16H27ClN4O3S. The van der Waals surface area contributed by atoms with Crippen molar-refractivity contribution in [3.63, 3.8) is 0 Å². The first-order valence-corrected chi connectivity index (χ1v) is 9.49. The van der Waals surface area contributed by atoms with E-state index in [0.717, 1.165) is 19.5 Å². The van der Waals surface area contributed by atoms with Crippen LogP contribution in [0.15, 0.2) is 29.2 Å². The highest BCUT2D eigenvalue weighted by molar-refractivity contribution is 7.89. The highest BCUT2D eigenvalue weighted by atomic mass is 35.5. The van der Waals surface area contributed by atoms with Crippen LogP contribution in [0.2, 0.25) is 0 Å². The third-order valence-electron chi connectivity index (χ3n) is 4.72. The molecular weight excluding hydrogens is 364 g/mol. The van der Waals surface area contributed by atoms with Crippen molar-refractivity contribution in [3.05, 3.63) is 24.3 Å². The number of hydrogen-bond acceptors (Lipinski definition) is 5. The minimum absolute atomic E-state index is 0. The van der Waals surface area contributed by atoms with E-state index in [4.69, 9.17) is 10.9 Å². The first kappa shape index (κ1) is 21.9. The number of rotatable bonds is 4. The molecule has 0 saturated carbocycles. The second kappa shape index (κ2) is 8.01. The Morgan fingerprint density at radius 1 is 1.32 bits per heavy atom. The summed E-state index contributed by atoms with van der Waals surface area (Å²) >= 11 is 0. The van der Waals surface area contributed by atoms with E-state index < -0.39 is 10.0 Å². The van der Waals surface area contributed by atoms with Crippen LogP contribution in [0.1, 0.15) is 27.2 Å². The van der Waals surface area contributed by atoms with Gasteiger partial charge in [0, 0.05) is 24.8 Å². The molecule has 1 fully saturated rings. The Bertz CT molecular complexity index is 707. The zero-order chi connectivity index (χ0) is 18.1. The molecule has 25 heavy (non-hydrogen) atoms. The maximum atomic E-state index is 12.5. The van der Waals surface area contributed by atoms with Gasteiger partial charge in [-0.2, -0.15) is 0 Å². The maximum absolute atomic E-state index is 12.5. The summed E-state index contributed by atoms with van der Waals surface area (Å²) in [6.45, 7) is 7.62. The molecule has 0 aliphatic carbocycles. The van der Waals surface area contributed by atoms with Gasteiger partial charge in [-0.1, -0.05) is 13.8 Å².